The van der Waals surface area contributed by atoms with Crippen LogP contribution >= 0.6 is 0 Å². The molecule has 1 N–H and O–H groups in total. The van der Waals surface area contributed by atoms with Gasteiger partial charge in [0.15, 0.2) is 11.7 Å². The summed E-state index contributed by atoms with van der Waals surface area (Å²) in [5.41, 5.74) is 5.78. The van der Waals surface area contributed by atoms with Crippen molar-refractivity contribution in [2.24, 2.45) is 5.10 Å². The molecule has 160 valence electrons. The molecule has 1 aromatic carbocycles. The maximum Gasteiger partial charge on any atom is 0.258 e. The van der Waals surface area contributed by atoms with Crippen molar-refractivity contribution in [2.45, 2.75) is 45.2 Å². The first-order valence-corrected chi connectivity index (χ1v) is 10.8. The molecular formula is C23H26N6O2. The highest BCUT2D eigenvalue weighted by atomic mass is 16.5. The van der Waals surface area contributed by atoms with Crippen LogP contribution in [0, 0.1) is 6.92 Å². The lowest BCUT2D eigenvalue weighted by molar-refractivity contribution is 0.0522. The maximum absolute atomic E-state index is 12.9. The lowest BCUT2D eigenvalue weighted by Crippen LogP contribution is -2.58. The Labute approximate surface area is 181 Å². The Balaban J connectivity index is 1.26. The highest BCUT2D eigenvalue weighted by Crippen LogP contribution is 2.34. The van der Waals surface area contributed by atoms with Gasteiger partial charge in [-0.3, -0.25) is 10.2 Å². The van der Waals surface area contributed by atoms with Crippen LogP contribution in [0.2, 0.25) is 0 Å². The first-order chi connectivity index (χ1) is 15.1. The van der Waals surface area contributed by atoms with Crippen molar-refractivity contribution < 1.29 is 9.32 Å². The number of rotatable bonds is 4. The van der Waals surface area contributed by atoms with E-state index in [1.165, 1.54) is 0 Å². The minimum atomic E-state index is -0.305. The normalized spacial score (nSPS) is 19.2. The number of carbonyl (C=O) groups is 1. The van der Waals surface area contributed by atoms with E-state index in [0.717, 1.165) is 54.0 Å². The van der Waals surface area contributed by atoms with Crippen molar-refractivity contribution in [2.75, 3.05) is 13.1 Å². The highest BCUT2D eigenvalue weighted by molar-refractivity contribution is 6.04. The Morgan fingerprint density at radius 1 is 1.23 bits per heavy atom. The van der Waals surface area contributed by atoms with Crippen LogP contribution in [-0.4, -0.2) is 50.4 Å². The second-order valence-corrected chi connectivity index (χ2v) is 8.32. The molecule has 1 amide bonds. The Morgan fingerprint density at radius 3 is 2.74 bits per heavy atom. The molecule has 31 heavy (non-hydrogen) atoms. The number of aromatic nitrogens is 2. The summed E-state index contributed by atoms with van der Waals surface area (Å²) in [6.07, 6.45) is 9.32. The molecule has 0 atom stereocenters. The second kappa shape index (κ2) is 7.68. The third-order valence-electron chi connectivity index (χ3n) is 6.14. The zero-order valence-corrected chi connectivity index (χ0v) is 17.8. The summed E-state index contributed by atoms with van der Waals surface area (Å²) < 4.78 is 5.41. The Bertz CT molecular complexity index is 1070. The summed E-state index contributed by atoms with van der Waals surface area (Å²) in [5, 5.41) is 8.60. The van der Waals surface area contributed by atoms with Crippen molar-refractivity contribution >= 4 is 17.3 Å². The summed E-state index contributed by atoms with van der Waals surface area (Å²) >= 11 is 0. The molecule has 1 saturated heterocycles. The molecule has 1 spiro atoms. The van der Waals surface area contributed by atoms with Crippen molar-refractivity contribution in [3.63, 3.8) is 0 Å². The fourth-order valence-corrected chi connectivity index (χ4v) is 4.29. The van der Waals surface area contributed by atoms with Gasteiger partial charge >= 0.3 is 0 Å². The van der Waals surface area contributed by atoms with Crippen LogP contribution < -0.4 is 5.43 Å². The van der Waals surface area contributed by atoms with Crippen LogP contribution in [0.5, 0.6) is 0 Å². The van der Waals surface area contributed by atoms with E-state index >= 15 is 0 Å². The van der Waals surface area contributed by atoms with Crippen LogP contribution in [0.4, 0.5) is 0 Å². The van der Waals surface area contributed by atoms with Crippen LogP contribution in [0.1, 0.15) is 53.8 Å². The average Bonchev–Trinajstić information content (AvgIpc) is 3.40. The second-order valence-electron chi connectivity index (χ2n) is 8.32. The maximum atomic E-state index is 12.9. The fraction of sp³-hybridized carbons (Fsp3) is 0.391. The predicted octanol–water partition coefficient (Wildman–Crippen LogP) is 3.09. The van der Waals surface area contributed by atoms with E-state index in [9.17, 15) is 4.79 Å². The molecule has 3 aliphatic rings. The summed E-state index contributed by atoms with van der Waals surface area (Å²) in [4.78, 5) is 21.4. The molecule has 0 unspecified atom stereocenters. The largest absolute Gasteiger partial charge is 0.338 e. The average molecular weight is 419 g/mol. The van der Waals surface area contributed by atoms with E-state index in [-0.39, 0.29) is 11.6 Å². The van der Waals surface area contributed by atoms with Crippen molar-refractivity contribution in [1.82, 2.24) is 25.4 Å². The summed E-state index contributed by atoms with van der Waals surface area (Å²) in [6, 6.07) is 7.77. The van der Waals surface area contributed by atoms with Crippen molar-refractivity contribution in [1.29, 1.82) is 0 Å². The van der Waals surface area contributed by atoms with Crippen molar-refractivity contribution in [3.8, 4) is 0 Å². The zero-order valence-electron chi connectivity index (χ0n) is 17.8. The van der Waals surface area contributed by atoms with E-state index in [4.69, 9.17) is 4.52 Å². The molecule has 0 radical (unpaired) electrons. The molecule has 8 heteroatoms. The third kappa shape index (κ3) is 3.52. The summed E-state index contributed by atoms with van der Waals surface area (Å²) in [6.45, 7) is 5.46. The van der Waals surface area contributed by atoms with Gasteiger partial charge in [-0.15, -0.1) is 0 Å². The number of nitrogens with zero attached hydrogens (tertiary/aromatic N) is 5. The number of hydrazone groups is 1. The number of likely N-dealkylation sites (tertiary alicyclic amines) is 1. The standard InChI is InChI=1S/C23H26N6O2/c1-3-4-19-24-21(31-26-19)18-9-12-29-20(15-18)25-27-23(29)10-13-28(14-11-23)22(30)17-7-5-16(2)6-8-17/h5-9,12,15,27H,3-4,10-11,13-14H2,1-2H3. The first-order valence-electron chi connectivity index (χ1n) is 10.8. The van der Waals surface area contributed by atoms with Gasteiger partial charge in [0, 0.05) is 49.7 Å². The van der Waals surface area contributed by atoms with Gasteiger partial charge in [-0.2, -0.15) is 10.1 Å². The van der Waals surface area contributed by atoms with Gasteiger partial charge in [0.1, 0.15) is 5.66 Å². The number of amides is 1. The number of hydrogen-bond donors (Lipinski definition) is 1. The van der Waals surface area contributed by atoms with Crippen LogP contribution in [-0.2, 0) is 6.42 Å². The Kier molecular flexibility index (Phi) is 4.84. The van der Waals surface area contributed by atoms with Crippen molar-refractivity contribution in [3.05, 3.63) is 65.5 Å². The van der Waals surface area contributed by atoms with E-state index in [0.29, 0.717) is 19.0 Å². The topological polar surface area (TPSA) is 86.9 Å². The smallest absolute Gasteiger partial charge is 0.258 e. The number of nitrogens with one attached hydrogen (secondary N) is 1. The van der Waals surface area contributed by atoms with Gasteiger partial charge in [-0.25, -0.2) is 0 Å². The molecular weight excluding hydrogens is 392 g/mol. The number of fused-ring (bicyclic) bond motifs is 2. The van der Waals surface area contributed by atoms with Gasteiger partial charge in [-0.1, -0.05) is 29.8 Å². The number of hydrogen-bond acceptors (Lipinski definition) is 7. The van der Waals surface area contributed by atoms with E-state index in [2.05, 4.69) is 32.5 Å². The molecule has 8 nitrogen and oxygen atoms in total. The lowest BCUT2D eigenvalue weighted by atomic mass is 9.94. The summed E-state index contributed by atoms with van der Waals surface area (Å²) in [7, 11) is 0. The molecule has 0 aliphatic carbocycles. The number of aryl methyl sites for hydroxylation is 2. The molecule has 1 aromatic heterocycles. The minimum absolute atomic E-state index is 0.0876. The van der Waals surface area contributed by atoms with E-state index < -0.39 is 0 Å². The number of piperidine rings is 1. The van der Waals surface area contributed by atoms with Gasteiger partial charge < -0.3 is 14.3 Å². The van der Waals surface area contributed by atoms with E-state index in [1.807, 2.05) is 54.4 Å². The molecule has 1 fully saturated rings. The number of amidine groups is 1. The monoisotopic (exact) mass is 418 g/mol. The Morgan fingerprint density at radius 2 is 2.00 bits per heavy atom. The Hall–Kier alpha value is -3.42. The van der Waals surface area contributed by atoms with Gasteiger partial charge in [0.2, 0.25) is 0 Å². The molecule has 2 aromatic rings. The third-order valence-corrected chi connectivity index (χ3v) is 6.14. The predicted molar refractivity (Wildman–Crippen MR) is 117 cm³/mol. The summed E-state index contributed by atoms with van der Waals surface area (Å²) in [5.74, 6) is 2.15. The van der Waals surface area contributed by atoms with Gasteiger partial charge in [-0.05, 0) is 37.6 Å². The molecule has 0 bridgehead atoms. The SMILES string of the molecule is CCCc1noc(C2=CC3=NNC4(CCN(C(=O)c5ccc(C)cc5)CC4)N3C=C2)n1. The minimum Gasteiger partial charge on any atom is -0.338 e. The quantitative estimate of drug-likeness (QED) is 0.821. The number of carbonyl (C=O) groups excluding carboxylic acids is 1. The van der Waals surface area contributed by atoms with E-state index in [1.54, 1.807) is 0 Å². The molecule has 0 saturated carbocycles. The van der Waals surface area contributed by atoms with Gasteiger partial charge in [0.05, 0.1) is 0 Å². The molecule has 4 heterocycles. The fourth-order valence-electron chi connectivity index (χ4n) is 4.29. The first kappa shape index (κ1) is 19.5. The molecule has 5 rings (SSSR count). The number of allylic oxidation sites excluding steroid dienone is 2. The molecule has 3 aliphatic heterocycles. The number of benzene rings is 1. The van der Waals surface area contributed by atoms with Crippen LogP contribution in [0.25, 0.3) is 5.57 Å². The van der Waals surface area contributed by atoms with Crippen LogP contribution in [0.15, 0.2) is 52.2 Å². The van der Waals surface area contributed by atoms with Crippen LogP contribution in [0.3, 0.4) is 0 Å². The van der Waals surface area contributed by atoms with Gasteiger partial charge in [0.25, 0.3) is 11.8 Å². The zero-order chi connectivity index (χ0) is 21.4. The highest BCUT2D eigenvalue weighted by Gasteiger charge is 2.45. The lowest BCUT2D eigenvalue weighted by Gasteiger charge is -2.44.